The fraction of sp³-hybridized carbons (Fsp3) is 0.240. The highest BCUT2D eigenvalue weighted by Crippen LogP contribution is 2.32. The molecule has 0 spiro atoms. The number of Topliss-reactive ketones (excluding diaryl/α,β-unsaturated/α-hetero) is 1. The molecule has 0 saturated carbocycles. The number of carbonyl (C=O) groups excluding carboxylic acids is 1. The summed E-state index contributed by atoms with van der Waals surface area (Å²) < 4.78 is 5.86. The Hall–Kier alpha value is -3.38. The molecule has 2 aromatic heterocycles. The van der Waals surface area contributed by atoms with Crippen molar-refractivity contribution in [2.75, 3.05) is 18.0 Å². The number of nitrogens with zero attached hydrogens (tertiary/aromatic N) is 3. The number of rotatable bonds is 5. The number of benzene rings is 2. The molecule has 7 heteroatoms. The van der Waals surface area contributed by atoms with Gasteiger partial charge in [0.1, 0.15) is 5.75 Å². The zero-order chi connectivity index (χ0) is 22.2. The molecule has 0 aliphatic carbocycles. The van der Waals surface area contributed by atoms with Crippen molar-refractivity contribution >= 4 is 34.2 Å². The maximum Gasteiger partial charge on any atom is 0.301 e. The molecule has 1 aliphatic heterocycles. The molecule has 4 aromatic rings. The molecule has 1 aliphatic rings. The minimum Gasteiger partial charge on any atom is -0.426 e. The molecule has 1 fully saturated rings. The number of fused-ring (bicyclic) bond motifs is 1. The fourth-order valence-corrected chi connectivity index (χ4v) is 4.37. The average Bonchev–Trinajstić information content (AvgIpc) is 3.44. The Kier molecular flexibility index (Phi) is 5.31. The number of aryl methyl sites for hydroxylation is 1. The van der Waals surface area contributed by atoms with Gasteiger partial charge in [-0.2, -0.15) is 4.98 Å². The predicted molar refractivity (Wildman–Crippen MR) is 127 cm³/mol. The van der Waals surface area contributed by atoms with Crippen LogP contribution < -0.4 is 9.64 Å². The molecule has 32 heavy (non-hydrogen) atoms. The summed E-state index contributed by atoms with van der Waals surface area (Å²) in [4.78, 5) is 26.4. The van der Waals surface area contributed by atoms with Gasteiger partial charge in [-0.3, -0.25) is 4.79 Å². The predicted octanol–water partition coefficient (Wildman–Crippen LogP) is 6.18. The second kappa shape index (κ2) is 8.28. The highest BCUT2D eigenvalue weighted by Gasteiger charge is 2.15. The van der Waals surface area contributed by atoms with Crippen molar-refractivity contribution in [2.45, 2.75) is 26.7 Å². The third-order valence-corrected chi connectivity index (χ3v) is 6.11. The zero-order valence-electron chi connectivity index (χ0n) is 18.0. The van der Waals surface area contributed by atoms with Crippen molar-refractivity contribution in [1.82, 2.24) is 15.0 Å². The summed E-state index contributed by atoms with van der Waals surface area (Å²) in [6.07, 6.45) is 2.49. The van der Waals surface area contributed by atoms with Crippen LogP contribution in [0.15, 0.2) is 48.5 Å². The summed E-state index contributed by atoms with van der Waals surface area (Å²) in [5, 5.41) is 0.538. The van der Waals surface area contributed by atoms with E-state index < -0.39 is 0 Å². The fourth-order valence-electron chi connectivity index (χ4n) is 4.11. The van der Waals surface area contributed by atoms with E-state index in [4.69, 9.17) is 16.3 Å². The Bertz CT molecular complexity index is 1310. The summed E-state index contributed by atoms with van der Waals surface area (Å²) in [5.74, 6) is 0.523. The van der Waals surface area contributed by atoms with Crippen LogP contribution in [0.2, 0.25) is 5.02 Å². The second-order valence-electron chi connectivity index (χ2n) is 8.11. The molecule has 0 unspecified atom stereocenters. The first kappa shape index (κ1) is 20.5. The lowest BCUT2D eigenvalue weighted by Crippen LogP contribution is -2.17. The van der Waals surface area contributed by atoms with Crippen LogP contribution in [0.4, 0.5) is 5.69 Å². The van der Waals surface area contributed by atoms with E-state index in [0.717, 1.165) is 24.2 Å². The number of imidazole rings is 1. The van der Waals surface area contributed by atoms with Gasteiger partial charge in [-0.15, -0.1) is 0 Å². The van der Waals surface area contributed by atoms with Crippen LogP contribution in [-0.4, -0.2) is 33.8 Å². The molecule has 162 valence electrons. The van der Waals surface area contributed by atoms with Crippen LogP contribution in [0, 0.1) is 6.92 Å². The van der Waals surface area contributed by atoms with Crippen LogP contribution in [0.1, 0.15) is 35.7 Å². The van der Waals surface area contributed by atoms with E-state index >= 15 is 0 Å². The smallest absolute Gasteiger partial charge is 0.301 e. The van der Waals surface area contributed by atoms with Gasteiger partial charge in [0.15, 0.2) is 11.4 Å². The monoisotopic (exact) mass is 446 g/mol. The number of aromatic nitrogens is 3. The molecule has 1 saturated heterocycles. The standard InChI is InChI=1S/C25H23ClN4O2/c1-15-5-10-19(13-20(15)16(2)31)32-25-27-22-14-21(26)23(28-24(22)29-25)17-6-8-18(9-7-17)30-11-3-4-12-30/h5-10,13-14H,3-4,11-12H2,1-2H3,(H,27,28,29). The molecule has 0 atom stereocenters. The Morgan fingerprint density at radius 3 is 2.53 bits per heavy atom. The van der Waals surface area contributed by atoms with Gasteiger partial charge in [0, 0.05) is 29.9 Å². The molecule has 0 bridgehead atoms. The lowest BCUT2D eigenvalue weighted by atomic mass is 10.1. The minimum atomic E-state index is -0.00797. The largest absolute Gasteiger partial charge is 0.426 e. The quantitative estimate of drug-likeness (QED) is 0.370. The molecular formula is C25H23ClN4O2. The van der Waals surface area contributed by atoms with Gasteiger partial charge in [-0.25, -0.2) is 4.98 Å². The minimum absolute atomic E-state index is 0.00797. The lowest BCUT2D eigenvalue weighted by molar-refractivity contribution is 0.101. The van der Waals surface area contributed by atoms with Crippen molar-refractivity contribution in [2.24, 2.45) is 0 Å². The van der Waals surface area contributed by atoms with Crippen molar-refractivity contribution < 1.29 is 9.53 Å². The van der Waals surface area contributed by atoms with E-state index in [9.17, 15) is 4.79 Å². The highest BCUT2D eigenvalue weighted by molar-refractivity contribution is 6.33. The van der Waals surface area contributed by atoms with E-state index in [2.05, 4.69) is 32.0 Å². The number of pyridine rings is 1. The van der Waals surface area contributed by atoms with Gasteiger partial charge in [-0.05, 0) is 62.6 Å². The maximum absolute atomic E-state index is 11.8. The Balaban J connectivity index is 1.43. The van der Waals surface area contributed by atoms with Gasteiger partial charge in [-0.1, -0.05) is 29.8 Å². The first-order valence-corrected chi connectivity index (χ1v) is 11.1. The molecule has 5 rings (SSSR count). The second-order valence-corrected chi connectivity index (χ2v) is 8.52. The Morgan fingerprint density at radius 1 is 1.06 bits per heavy atom. The number of ether oxygens (including phenoxy) is 1. The van der Waals surface area contributed by atoms with E-state index in [0.29, 0.717) is 39.2 Å². The maximum atomic E-state index is 11.8. The van der Waals surface area contributed by atoms with Gasteiger partial charge in [0.05, 0.1) is 16.2 Å². The summed E-state index contributed by atoms with van der Waals surface area (Å²) in [7, 11) is 0. The normalized spacial score (nSPS) is 13.7. The summed E-state index contributed by atoms with van der Waals surface area (Å²) >= 11 is 6.55. The van der Waals surface area contributed by atoms with Crippen LogP contribution in [0.3, 0.4) is 0 Å². The van der Waals surface area contributed by atoms with E-state index in [1.165, 1.54) is 18.5 Å². The number of hydrogen-bond acceptors (Lipinski definition) is 5. The third kappa shape index (κ3) is 3.94. The van der Waals surface area contributed by atoms with Crippen LogP contribution in [0.5, 0.6) is 11.8 Å². The molecule has 3 heterocycles. The number of anilines is 1. The van der Waals surface area contributed by atoms with Crippen molar-refractivity contribution in [1.29, 1.82) is 0 Å². The zero-order valence-corrected chi connectivity index (χ0v) is 18.7. The van der Waals surface area contributed by atoms with E-state index in [1.54, 1.807) is 13.0 Å². The van der Waals surface area contributed by atoms with E-state index in [1.807, 2.05) is 37.3 Å². The van der Waals surface area contributed by atoms with Crippen LogP contribution in [0.25, 0.3) is 22.4 Å². The number of H-pyrrole nitrogens is 1. The number of carbonyl (C=O) groups is 1. The number of hydrogen-bond donors (Lipinski definition) is 1. The van der Waals surface area contributed by atoms with Gasteiger partial charge in [0.2, 0.25) is 0 Å². The first-order valence-electron chi connectivity index (χ1n) is 10.7. The number of ketones is 1. The number of aromatic amines is 1. The highest BCUT2D eigenvalue weighted by atomic mass is 35.5. The van der Waals surface area contributed by atoms with Crippen molar-refractivity contribution in [3.05, 3.63) is 64.7 Å². The van der Waals surface area contributed by atoms with Gasteiger partial charge >= 0.3 is 6.01 Å². The van der Waals surface area contributed by atoms with Crippen LogP contribution >= 0.6 is 11.6 Å². The Morgan fingerprint density at radius 2 is 1.81 bits per heavy atom. The number of nitrogens with one attached hydrogen (secondary N) is 1. The summed E-state index contributed by atoms with van der Waals surface area (Å²) in [5.41, 5.74) is 5.57. The molecular weight excluding hydrogens is 424 g/mol. The molecule has 6 nitrogen and oxygen atoms in total. The Labute approximate surface area is 191 Å². The van der Waals surface area contributed by atoms with E-state index in [-0.39, 0.29) is 5.78 Å². The lowest BCUT2D eigenvalue weighted by Gasteiger charge is -2.17. The van der Waals surface area contributed by atoms with Crippen molar-refractivity contribution in [3.63, 3.8) is 0 Å². The first-order chi connectivity index (χ1) is 15.5. The molecule has 0 amide bonds. The van der Waals surface area contributed by atoms with Crippen molar-refractivity contribution in [3.8, 4) is 23.0 Å². The summed E-state index contributed by atoms with van der Waals surface area (Å²) in [6, 6.07) is 15.8. The average molecular weight is 447 g/mol. The molecule has 1 N–H and O–H groups in total. The third-order valence-electron chi connectivity index (χ3n) is 5.82. The van der Waals surface area contributed by atoms with Gasteiger partial charge < -0.3 is 14.6 Å². The molecule has 0 radical (unpaired) electrons. The number of halogens is 1. The SMILES string of the molecule is CC(=O)c1cc(Oc2nc3nc(-c4ccc(N5CCCC5)cc4)c(Cl)cc3[nH]2)ccc1C. The topological polar surface area (TPSA) is 71.1 Å². The van der Waals surface area contributed by atoms with Crippen LogP contribution in [-0.2, 0) is 0 Å². The summed E-state index contributed by atoms with van der Waals surface area (Å²) in [6.45, 7) is 5.65. The molecule has 2 aromatic carbocycles. The van der Waals surface area contributed by atoms with Gasteiger partial charge in [0.25, 0.3) is 0 Å².